The van der Waals surface area contributed by atoms with Crippen molar-refractivity contribution in [1.82, 2.24) is 20.5 Å². The quantitative estimate of drug-likeness (QED) is 0.363. The van der Waals surface area contributed by atoms with Crippen molar-refractivity contribution in [2.24, 2.45) is 0 Å². The van der Waals surface area contributed by atoms with Crippen molar-refractivity contribution in [3.05, 3.63) is 57.9 Å². The van der Waals surface area contributed by atoms with Gasteiger partial charge in [-0.15, -0.1) is 0 Å². The van der Waals surface area contributed by atoms with Crippen LogP contribution in [0, 0.1) is 5.41 Å². The molecule has 2 atom stereocenters. The van der Waals surface area contributed by atoms with E-state index in [1.54, 1.807) is 0 Å². The van der Waals surface area contributed by atoms with Crippen molar-refractivity contribution in [2.75, 3.05) is 25.0 Å². The molecule has 4 N–H and O–H groups in total. The van der Waals surface area contributed by atoms with E-state index in [-0.39, 0.29) is 5.91 Å². The van der Waals surface area contributed by atoms with Crippen LogP contribution in [0.5, 0.6) is 0 Å². The molecule has 0 radical (unpaired) electrons. The average Bonchev–Trinajstić information content (AvgIpc) is 3.38. The Labute approximate surface area is 213 Å². The third kappa shape index (κ3) is 4.30. The number of nitrogens with one attached hydrogen (secondary N) is 4. The number of anilines is 1. The highest BCUT2D eigenvalue weighted by Crippen LogP contribution is 2.38. The van der Waals surface area contributed by atoms with Gasteiger partial charge in [-0.2, -0.15) is 0 Å². The van der Waals surface area contributed by atoms with Crippen LogP contribution in [0.2, 0.25) is 0 Å². The summed E-state index contributed by atoms with van der Waals surface area (Å²) < 4.78 is 0. The smallest absolute Gasteiger partial charge is 0.257 e. The third-order valence-corrected chi connectivity index (χ3v) is 8.23. The maximum Gasteiger partial charge on any atom is 0.257 e. The van der Waals surface area contributed by atoms with E-state index in [2.05, 4.69) is 41.1 Å². The first-order valence-corrected chi connectivity index (χ1v) is 13.4. The Bertz CT molecular complexity index is 1240. The Morgan fingerprint density at radius 3 is 2.78 bits per heavy atom. The number of aromatic nitrogens is 1. The van der Waals surface area contributed by atoms with Crippen LogP contribution in [-0.2, 0) is 17.8 Å². The van der Waals surface area contributed by atoms with Crippen LogP contribution in [0.4, 0.5) is 5.82 Å². The summed E-state index contributed by atoms with van der Waals surface area (Å²) in [6, 6.07) is 7.73. The Morgan fingerprint density at radius 2 is 2.03 bits per heavy atom. The van der Waals surface area contributed by atoms with Gasteiger partial charge in [-0.05, 0) is 85.5 Å². The number of fused-ring (bicyclic) bond motifs is 2. The lowest BCUT2D eigenvalue weighted by Gasteiger charge is -2.33. The van der Waals surface area contributed by atoms with E-state index >= 15 is 0 Å². The Hall–Kier alpha value is -3.19. The zero-order valence-corrected chi connectivity index (χ0v) is 21.3. The van der Waals surface area contributed by atoms with Crippen LogP contribution in [0.3, 0.4) is 0 Å². The second-order valence-corrected chi connectivity index (χ2v) is 10.9. The summed E-state index contributed by atoms with van der Waals surface area (Å²) in [7, 11) is 0. The zero-order valence-electron chi connectivity index (χ0n) is 21.3. The molecular formula is C29H36N6O. The molecule has 188 valence electrons. The molecule has 2 aromatic rings. The van der Waals surface area contributed by atoms with E-state index in [9.17, 15) is 4.79 Å². The maximum atomic E-state index is 13.5. The van der Waals surface area contributed by atoms with Gasteiger partial charge in [0.15, 0.2) is 0 Å². The van der Waals surface area contributed by atoms with Gasteiger partial charge < -0.3 is 26.3 Å². The van der Waals surface area contributed by atoms with Crippen molar-refractivity contribution >= 4 is 17.9 Å². The summed E-state index contributed by atoms with van der Waals surface area (Å²) in [5, 5.41) is 18.4. The Morgan fingerprint density at radius 1 is 1.19 bits per heavy atom. The van der Waals surface area contributed by atoms with Crippen molar-refractivity contribution in [3.8, 4) is 11.1 Å². The summed E-state index contributed by atoms with van der Waals surface area (Å²) in [4.78, 5) is 20.1. The molecule has 1 saturated heterocycles. The topological polar surface area (TPSA) is 93.1 Å². The van der Waals surface area contributed by atoms with Gasteiger partial charge in [0.2, 0.25) is 0 Å². The lowest BCUT2D eigenvalue weighted by molar-refractivity contribution is -0.127. The van der Waals surface area contributed by atoms with Crippen LogP contribution >= 0.6 is 0 Å². The SMILES string of the molecule is C/C(NC1CC1)=C(/C=N)C(=O)N1CCc2cc(-c3cnc4c(c3)C(C)CN4)cc(C3CCCN3)c2C1. The minimum absolute atomic E-state index is 0.0417. The van der Waals surface area contributed by atoms with Gasteiger partial charge in [0.05, 0.1) is 5.57 Å². The fourth-order valence-corrected chi connectivity index (χ4v) is 5.93. The normalized spacial score (nSPS) is 23.4. The highest BCUT2D eigenvalue weighted by molar-refractivity contribution is 6.11. The number of rotatable bonds is 6. The third-order valence-electron chi connectivity index (χ3n) is 8.23. The van der Waals surface area contributed by atoms with E-state index in [1.165, 1.54) is 46.0 Å². The Balaban J connectivity index is 1.34. The largest absolute Gasteiger partial charge is 0.385 e. The van der Waals surface area contributed by atoms with Crippen LogP contribution in [0.25, 0.3) is 11.1 Å². The molecule has 1 saturated carbocycles. The lowest BCUT2D eigenvalue weighted by Crippen LogP contribution is -2.39. The first-order chi connectivity index (χ1) is 17.5. The van der Waals surface area contributed by atoms with E-state index in [0.29, 0.717) is 36.7 Å². The molecule has 3 aliphatic heterocycles. The van der Waals surface area contributed by atoms with Crippen LogP contribution < -0.4 is 16.0 Å². The summed E-state index contributed by atoms with van der Waals surface area (Å²) in [6.07, 6.45) is 8.61. The molecule has 1 aromatic carbocycles. The number of carbonyl (C=O) groups is 1. The minimum atomic E-state index is -0.0417. The molecule has 2 fully saturated rings. The van der Waals surface area contributed by atoms with Crippen molar-refractivity contribution in [1.29, 1.82) is 5.41 Å². The number of allylic oxidation sites excluding steroid dienone is 1. The maximum absolute atomic E-state index is 13.5. The van der Waals surface area contributed by atoms with Gasteiger partial charge in [0.1, 0.15) is 5.82 Å². The highest BCUT2D eigenvalue weighted by Gasteiger charge is 2.30. The summed E-state index contributed by atoms with van der Waals surface area (Å²) >= 11 is 0. The predicted octanol–water partition coefficient (Wildman–Crippen LogP) is 4.26. The number of nitrogens with zero attached hydrogens (tertiary/aromatic N) is 2. The number of benzene rings is 1. The molecule has 1 aromatic heterocycles. The van der Waals surface area contributed by atoms with Crippen molar-refractivity contribution in [3.63, 3.8) is 0 Å². The fourth-order valence-electron chi connectivity index (χ4n) is 5.93. The van der Waals surface area contributed by atoms with E-state index < -0.39 is 0 Å². The van der Waals surface area contributed by atoms with Crippen molar-refractivity contribution < 1.29 is 4.79 Å². The Kier molecular flexibility index (Phi) is 6.04. The molecule has 2 unspecified atom stereocenters. The summed E-state index contributed by atoms with van der Waals surface area (Å²) in [5.41, 5.74) is 8.91. The summed E-state index contributed by atoms with van der Waals surface area (Å²) in [5.74, 6) is 1.44. The molecular weight excluding hydrogens is 448 g/mol. The van der Waals surface area contributed by atoms with Crippen LogP contribution in [0.1, 0.15) is 73.7 Å². The van der Waals surface area contributed by atoms with Gasteiger partial charge in [0.25, 0.3) is 5.91 Å². The first-order valence-electron chi connectivity index (χ1n) is 13.4. The first kappa shape index (κ1) is 23.2. The number of amides is 1. The standard InChI is InChI=1S/C29H36N6O/c1-17-14-32-28-23(17)12-21(15-33-28)20-10-19-7-9-35(16-26(19)24(11-20)27-4-3-8-31-27)29(36)25(13-30)18(2)34-22-5-6-22/h10-13,15,17,22,27,30-31,34H,3-9,14,16H2,1-2H3,(H,32,33)/b25-18+,30-13?. The molecule has 0 spiro atoms. The fraction of sp³-hybridized carbons (Fsp3) is 0.483. The van der Waals surface area contributed by atoms with Gasteiger partial charge in [-0.1, -0.05) is 13.0 Å². The van der Waals surface area contributed by atoms with E-state index in [0.717, 1.165) is 50.3 Å². The molecule has 4 heterocycles. The molecule has 0 bridgehead atoms. The molecule has 1 amide bonds. The minimum Gasteiger partial charge on any atom is -0.385 e. The van der Waals surface area contributed by atoms with Gasteiger partial charge in [-0.25, -0.2) is 4.98 Å². The zero-order chi connectivity index (χ0) is 24.8. The highest BCUT2D eigenvalue weighted by atomic mass is 16.2. The average molecular weight is 485 g/mol. The van der Waals surface area contributed by atoms with Gasteiger partial charge in [-0.3, -0.25) is 4.79 Å². The molecule has 4 aliphatic rings. The molecule has 7 heteroatoms. The van der Waals surface area contributed by atoms with Gasteiger partial charge >= 0.3 is 0 Å². The number of hydrogen-bond acceptors (Lipinski definition) is 6. The summed E-state index contributed by atoms with van der Waals surface area (Å²) in [6.45, 7) is 7.41. The van der Waals surface area contributed by atoms with Crippen LogP contribution in [0.15, 0.2) is 35.7 Å². The number of hydrogen-bond donors (Lipinski definition) is 4. The van der Waals surface area contributed by atoms with Crippen molar-refractivity contribution in [2.45, 2.75) is 70.5 Å². The second kappa shape index (κ2) is 9.36. The second-order valence-electron chi connectivity index (χ2n) is 10.9. The van der Waals surface area contributed by atoms with E-state index in [1.807, 2.05) is 18.0 Å². The molecule has 7 nitrogen and oxygen atoms in total. The molecule has 6 rings (SSSR count). The molecule has 1 aliphatic carbocycles. The predicted molar refractivity (Wildman–Crippen MR) is 143 cm³/mol. The van der Waals surface area contributed by atoms with Gasteiger partial charge in [0, 0.05) is 61.3 Å². The number of carbonyl (C=O) groups excluding carboxylic acids is 1. The lowest BCUT2D eigenvalue weighted by atomic mass is 9.86. The van der Waals surface area contributed by atoms with Crippen LogP contribution in [-0.4, -0.2) is 47.7 Å². The monoisotopic (exact) mass is 484 g/mol. The van der Waals surface area contributed by atoms with E-state index in [4.69, 9.17) is 10.4 Å². The number of pyridine rings is 1. The molecule has 36 heavy (non-hydrogen) atoms.